The van der Waals surface area contributed by atoms with Gasteiger partial charge in [-0.25, -0.2) is 0 Å². The van der Waals surface area contributed by atoms with Crippen molar-refractivity contribution in [3.05, 3.63) is 30.0 Å². The molecule has 4 heterocycles. The minimum absolute atomic E-state index is 0.143. The average Bonchev–Trinajstić information content (AvgIpc) is 3.05. The van der Waals surface area contributed by atoms with Gasteiger partial charge in [0, 0.05) is 45.3 Å². The van der Waals surface area contributed by atoms with Gasteiger partial charge in [0.15, 0.2) is 5.82 Å². The van der Waals surface area contributed by atoms with Gasteiger partial charge in [-0.15, -0.1) is 15.3 Å². The van der Waals surface area contributed by atoms with Crippen LogP contribution in [0.1, 0.15) is 43.3 Å². The van der Waals surface area contributed by atoms with Gasteiger partial charge in [0.1, 0.15) is 11.6 Å². The van der Waals surface area contributed by atoms with Crippen molar-refractivity contribution in [2.24, 2.45) is 7.05 Å². The fourth-order valence-electron chi connectivity index (χ4n) is 4.00. The third kappa shape index (κ3) is 3.71. The lowest BCUT2D eigenvalue weighted by Crippen LogP contribution is -2.36. The lowest BCUT2D eigenvalue weighted by atomic mass is 9.97. The van der Waals surface area contributed by atoms with E-state index in [2.05, 4.69) is 41.8 Å². The van der Waals surface area contributed by atoms with E-state index in [4.69, 9.17) is 0 Å². The molecule has 2 fully saturated rings. The first-order valence-corrected chi connectivity index (χ1v) is 9.52. The van der Waals surface area contributed by atoms with Crippen LogP contribution in [-0.4, -0.2) is 67.3 Å². The molecular formula is C18H27N7O. The molecule has 8 heteroatoms. The number of aliphatic hydroxyl groups excluding tert-OH is 1. The van der Waals surface area contributed by atoms with E-state index in [0.717, 1.165) is 75.9 Å². The number of likely N-dealkylation sites (tertiary alicyclic amines) is 1. The second-order valence-electron chi connectivity index (χ2n) is 7.41. The maximum absolute atomic E-state index is 9.67. The molecular weight excluding hydrogens is 330 g/mol. The summed E-state index contributed by atoms with van der Waals surface area (Å²) in [5, 5.41) is 26.9. The van der Waals surface area contributed by atoms with Gasteiger partial charge in [0.05, 0.1) is 12.6 Å². The predicted molar refractivity (Wildman–Crippen MR) is 97.7 cm³/mol. The summed E-state index contributed by atoms with van der Waals surface area (Å²) in [5.41, 5.74) is 0. The Bertz CT molecular complexity index is 712. The molecule has 2 saturated heterocycles. The van der Waals surface area contributed by atoms with Crippen LogP contribution in [0.5, 0.6) is 0 Å². The van der Waals surface area contributed by atoms with E-state index in [1.165, 1.54) is 0 Å². The van der Waals surface area contributed by atoms with E-state index in [1.54, 1.807) is 6.20 Å². The number of aromatic nitrogens is 5. The van der Waals surface area contributed by atoms with Crippen LogP contribution in [-0.2, 0) is 13.6 Å². The number of aliphatic hydroxyl groups is 1. The minimum atomic E-state index is -0.143. The highest BCUT2D eigenvalue weighted by molar-refractivity contribution is 5.37. The van der Waals surface area contributed by atoms with Crippen LogP contribution >= 0.6 is 0 Å². The van der Waals surface area contributed by atoms with Gasteiger partial charge in [-0.05, 0) is 37.8 Å². The van der Waals surface area contributed by atoms with Crippen LogP contribution in [0.3, 0.4) is 0 Å². The topological polar surface area (TPSA) is 83.2 Å². The molecule has 0 bridgehead atoms. The maximum atomic E-state index is 9.67. The standard InChI is InChI=1S/C18H27N7O/c1-23-17(13-24-10-6-15(26)7-11-24)21-22-18(23)14-4-3-9-25(12-14)16-5-2-8-19-20-16/h2,5,8,14-15,26H,3-4,6-7,9-13H2,1H3. The van der Waals surface area contributed by atoms with Crippen molar-refractivity contribution in [2.75, 3.05) is 31.1 Å². The SMILES string of the molecule is Cn1c(CN2CCC(O)CC2)nnc1C1CCCN(c2cccnn2)C1. The van der Waals surface area contributed by atoms with E-state index in [1.807, 2.05) is 12.1 Å². The van der Waals surface area contributed by atoms with Gasteiger partial charge < -0.3 is 14.6 Å². The van der Waals surface area contributed by atoms with Crippen LogP contribution in [0, 0.1) is 0 Å². The van der Waals surface area contributed by atoms with E-state index >= 15 is 0 Å². The highest BCUT2D eigenvalue weighted by atomic mass is 16.3. The van der Waals surface area contributed by atoms with Crippen molar-refractivity contribution >= 4 is 5.82 Å². The zero-order valence-corrected chi connectivity index (χ0v) is 15.3. The Hall–Kier alpha value is -2.06. The highest BCUT2D eigenvalue weighted by Gasteiger charge is 2.27. The van der Waals surface area contributed by atoms with Crippen molar-refractivity contribution in [3.8, 4) is 0 Å². The van der Waals surface area contributed by atoms with Gasteiger partial charge in [0.2, 0.25) is 0 Å². The van der Waals surface area contributed by atoms with Crippen LogP contribution < -0.4 is 4.90 Å². The molecule has 0 aliphatic carbocycles. The zero-order valence-electron chi connectivity index (χ0n) is 15.3. The third-order valence-electron chi connectivity index (χ3n) is 5.59. The van der Waals surface area contributed by atoms with Gasteiger partial charge in [0.25, 0.3) is 0 Å². The Morgan fingerprint density at radius 3 is 2.73 bits per heavy atom. The largest absolute Gasteiger partial charge is 0.393 e. The molecule has 0 aromatic carbocycles. The van der Waals surface area contributed by atoms with Crippen LogP contribution in [0.15, 0.2) is 18.3 Å². The molecule has 1 N–H and O–H groups in total. The highest BCUT2D eigenvalue weighted by Crippen LogP contribution is 2.28. The number of anilines is 1. The number of rotatable bonds is 4. The molecule has 2 aliphatic rings. The van der Waals surface area contributed by atoms with Crippen molar-refractivity contribution in [3.63, 3.8) is 0 Å². The molecule has 2 aliphatic heterocycles. The molecule has 140 valence electrons. The predicted octanol–water partition coefficient (Wildman–Crippen LogP) is 0.946. The first-order valence-electron chi connectivity index (χ1n) is 9.52. The van der Waals surface area contributed by atoms with Crippen molar-refractivity contribution in [1.82, 2.24) is 29.9 Å². The number of nitrogens with zero attached hydrogens (tertiary/aromatic N) is 7. The van der Waals surface area contributed by atoms with Crippen LogP contribution in [0.25, 0.3) is 0 Å². The Labute approximate surface area is 153 Å². The molecule has 0 amide bonds. The van der Waals surface area contributed by atoms with E-state index in [-0.39, 0.29) is 6.10 Å². The normalized spacial score (nSPS) is 22.7. The third-order valence-corrected chi connectivity index (χ3v) is 5.59. The number of hydrogen-bond acceptors (Lipinski definition) is 7. The Balaban J connectivity index is 1.44. The Morgan fingerprint density at radius 2 is 1.96 bits per heavy atom. The molecule has 26 heavy (non-hydrogen) atoms. The summed E-state index contributed by atoms with van der Waals surface area (Å²) in [6, 6.07) is 3.95. The molecule has 8 nitrogen and oxygen atoms in total. The van der Waals surface area contributed by atoms with Crippen LogP contribution in [0.4, 0.5) is 5.82 Å². The van der Waals surface area contributed by atoms with E-state index in [9.17, 15) is 5.11 Å². The average molecular weight is 357 g/mol. The van der Waals surface area contributed by atoms with E-state index < -0.39 is 0 Å². The first-order chi connectivity index (χ1) is 12.7. The maximum Gasteiger partial charge on any atom is 0.151 e. The van der Waals surface area contributed by atoms with E-state index in [0.29, 0.717) is 5.92 Å². The molecule has 4 rings (SSSR count). The Kier molecular flexibility index (Phi) is 5.12. The molecule has 2 aromatic heterocycles. The fraction of sp³-hybridized carbons (Fsp3) is 0.667. The summed E-state index contributed by atoms with van der Waals surface area (Å²) in [4.78, 5) is 4.65. The summed E-state index contributed by atoms with van der Waals surface area (Å²) in [6.07, 6.45) is 5.50. The fourth-order valence-corrected chi connectivity index (χ4v) is 4.00. The van der Waals surface area contributed by atoms with Gasteiger partial charge in [-0.3, -0.25) is 4.90 Å². The summed E-state index contributed by atoms with van der Waals surface area (Å²) < 4.78 is 2.16. The lowest BCUT2D eigenvalue weighted by Gasteiger charge is -2.32. The second kappa shape index (κ2) is 7.67. The monoisotopic (exact) mass is 357 g/mol. The van der Waals surface area contributed by atoms with Crippen molar-refractivity contribution in [1.29, 1.82) is 0 Å². The zero-order chi connectivity index (χ0) is 17.9. The minimum Gasteiger partial charge on any atom is -0.393 e. The quantitative estimate of drug-likeness (QED) is 0.872. The summed E-state index contributed by atoms with van der Waals surface area (Å²) in [6.45, 7) is 4.56. The van der Waals surface area contributed by atoms with Crippen molar-refractivity contribution < 1.29 is 5.11 Å². The first kappa shape index (κ1) is 17.4. The van der Waals surface area contributed by atoms with Crippen LogP contribution in [0.2, 0.25) is 0 Å². The lowest BCUT2D eigenvalue weighted by molar-refractivity contribution is 0.0775. The molecule has 2 aromatic rings. The summed E-state index contributed by atoms with van der Waals surface area (Å²) >= 11 is 0. The van der Waals surface area contributed by atoms with Gasteiger partial charge >= 0.3 is 0 Å². The molecule has 1 atom stereocenters. The molecule has 0 saturated carbocycles. The Morgan fingerprint density at radius 1 is 1.12 bits per heavy atom. The smallest absolute Gasteiger partial charge is 0.151 e. The second-order valence-corrected chi connectivity index (χ2v) is 7.41. The van der Waals surface area contributed by atoms with Gasteiger partial charge in [-0.2, -0.15) is 5.10 Å². The number of hydrogen-bond donors (Lipinski definition) is 1. The summed E-state index contributed by atoms with van der Waals surface area (Å²) in [7, 11) is 2.07. The number of piperidine rings is 2. The molecule has 0 spiro atoms. The van der Waals surface area contributed by atoms with Crippen molar-refractivity contribution in [2.45, 2.75) is 44.2 Å². The van der Waals surface area contributed by atoms with Gasteiger partial charge in [-0.1, -0.05) is 0 Å². The summed E-state index contributed by atoms with van der Waals surface area (Å²) in [5.74, 6) is 3.37. The molecule has 1 unspecified atom stereocenters. The molecule has 0 radical (unpaired) electrons.